The number of rotatable bonds is 32. The zero-order valence-corrected chi connectivity index (χ0v) is 49.8. The van der Waals surface area contributed by atoms with Gasteiger partial charge in [-0.25, -0.2) is 9.13 Å². The largest absolute Gasteiger partial charge is 0.472 e. The van der Waals surface area contributed by atoms with Gasteiger partial charge in [-0.05, 0) is 44.9 Å². The van der Waals surface area contributed by atoms with Crippen LogP contribution in [-0.4, -0.2) is 289 Å². The average Bonchev–Trinajstić information content (AvgIpc) is 3.48. The van der Waals surface area contributed by atoms with Crippen molar-refractivity contribution >= 4 is 33.4 Å². The van der Waals surface area contributed by atoms with Crippen molar-refractivity contribution in [3.8, 4) is 0 Å². The molecule has 6 heterocycles. The van der Waals surface area contributed by atoms with E-state index in [1.807, 2.05) is 6.92 Å². The second-order valence-corrected chi connectivity index (χ2v) is 25.5. The molecule has 3 amide bonds. The molecule has 0 aliphatic carbocycles. The minimum absolute atomic E-state index is 0.00500. The number of carbonyl (C=O) groups excluding carboxylic acids is 3. The molecule has 12 N–H and O–H groups in total. The van der Waals surface area contributed by atoms with Crippen LogP contribution in [0.25, 0.3) is 0 Å². The fraction of sp³-hybridized carbons (Fsp3) is 0.941. The smallest absolute Gasteiger partial charge is 0.394 e. The lowest BCUT2D eigenvalue weighted by Gasteiger charge is -2.40. The van der Waals surface area contributed by atoms with Crippen LogP contribution in [0.4, 0.5) is 0 Å². The normalized spacial score (nSPS) is 38.0. The third kappa shape index (κ3) is 19.5. The summed E-state index contributed by atoms with van der Waals surface area (Å²) in [6, 6.07) is -2.47. The number of hydrogen-bond donors (Lipinski definition) is 12. The Hall–Kier alpha value is -2.05. The molecule has 6 aliphatic rings. The third-order valence-electron chi connectivity index (χ3n) is 16.2. The van der Waals surface area contributed by atoms with Crippen molar-refractivity contribution < 1.29 is 136 Å². The van der Waals surface area contributed by atoms with E-state index in [0.29, 0.717) is 13.0 Å². The molecule has 0 aromatic carbocycles. The molecular formula is C51H91N3O28P2. The molecule has 0 aromatic rings. The van der Waals surface area contributed by atoms with Crippen molar-refractivity contribution in [2.24, 2.45) is 17.8 Å². The van der Waals surface area contributed by atoms with Gasteiger partial charge in [-0.2, -0.15) is 0 Å². The minimum atomic E-state index is -5.00. The first-order chi connectivity index (χ1) is 39.8. The van der Waals surface area contributed by atoms with Gasteiger partial charge in [0.05, 0.1) is 114 Å². The summed E-state index contributed by atoms with van der Waals surface area (Å²) in [5.41, 5.74) is 0. The molecular weight excluding hydrogens is 1160 g/mol. The van der Waals surface area contributed by atoms with Gasteiger partial charge < -0.3 is 109 Å². The quantitative estimate of drug-likeness (QED) is 0.0239. The van der Waals surface area contributed by atoms with Crippen LogP contribution in [0.15, 0.2) is 0 Å². The summed E-state index contributed by atoms with van der Waals surface area (Å²) in [5, 5.41) is 101. The number of phosphoric ester groups is 2. The van der Waals surface area contributed by atoms with Crippen LogP contribution in [0.2, 0.25) is 0 Å². The van der Waals surface area contributed by atoms with Crippen molar-refractivity contribution in [2.45, 2.75) is 202 Å². The van der Waals surface area contributed by atoms with Crippen LogP contribution < -0.4 is 0 Å². The molecule has 0 saturated carbocycles. The Morgan fingerprint density at radius 3 is 1.17 bits per heavy atom. The number of aliphatic hydroxyl groups is 10. The second-order valence-electron chi connectivity index (χ2n) is 22.6. The highest BCUT2D eigenvalue weighted by Crippen LogP contribution is 2.50. The molecule has 0 radical (unpaired) electrons. The monoisotopic (exact) mass is 1260 g/mol. The lowest BCUT2D eigenvalue weighted by molar-refractivity contribution is -0.282. The minimum Gasteiger partial charge on any atom is -0.394 e. The Labute approximate surface area is 488 Å². The van der Waals surface area contributed by atoms with E-state index in [0.717, 1.165) is 0 Å². The maximum absolute atomic E-state index is 13.9. The number of ether oxygens (including phenoxy) is 7. The van der Waals surface area contributed by atoms with Crippen molar-refractivity contribution in [3.05, 3.63) is 0 Å². The van der Waals surface area contributed by atoms with Gasteiger partial charge in [0.2, 0.25) is 17.7 Å². The first-order valence-corrected chi connectivity index (χ1v) is 32.0. The van der Waals surface area contributed by atoms with Gasteiger partial charge in [-0.3, -0.25) is 32.5 Å². The van der Waals surface area contributed by atoms with Gasteiger partial charge in [0.1, 0.15) is 36.6 Å². The van der Waals surface area contributed by atoms with Crippen molar-refractivity contribution in [2.75, 3.05) is 85.7 Å². The number of amides is 3. The van der Waals surface area contributed by atoms with Crippen LogP contribution in [0.5, 0.6) is 0 Å². The Balaban J connectivity index is 1.03. The van der Waals surface area contributed by atoms with Crippen LogP contribution >= 0.6 is 15.6 Å². The fourth-order valence-electron chi connectivity index (χ4n) is 11.3. The zero-order chi connectivity index (χ0) is 61.6. The van der Waals surface area contributed by atoms with Gasteiger partial charge in [0, 0.05) is 63.3 Å². The average molecular weight is 1260 g/mol. The van der Waals surface area contributed by atoms with Crippen LogP contribution in [-0.2, 0) is 74.8 Å². The van der Waals surface area contributed by atoms with E-state index in [1.54, 1.807) is 20.8 Å². The van der Waals surface area contributed by atoms with E-state index in [-0.39, 0.29) is 110 Å². The van der Waals surface area contributed by atoms with Crippen LogP contribution in [0.3, 0.4) is 0 Å². The number of β-amino-alcohol motifs (C(OH)–C–C–N with tert-alkyl or cyclic N) is 1. The van der Waals surface area contributed by atoms with Gasteiger partial charge in [-0.1, -0.05) is 27.7 Å². The van der Waals surface area contributed by atoms with Crippen molar-refractivity contribution in [1.29, 1.82) is 0 Å². The number of carbonyl (C=O) groups is 3. The topological polar surface area (TPSA) is 439 Å². The molecule has 6 saturated heterocycles. The van der Waals surface area contributed by atoms with E-state index in [2.05, 4.69) is 0 Å². The summed E-state index contributed by atoms with van der Waals surface area (Å²) < 4.78 is 89.2. The first kappa shape index (κ1) is 71.0. The van der Waals surface area contributed by atoms with E-state index in [4.69, 9.17) is 51.3 Å². The van der Waals surface area contributed by atoms with E-state index >= 15 is 0 Å². The highest BCUT2D eigenvalue weighted by Gasteiger charge is 2.47. The Kier molecular flexibility index (Phi) is 28.0. The molecule has 6 aliphatic heterocycles. The first-order valence-electron chi connectivity index (χ1n) is 29.0. The lowest BCUT2D eigenvalue weighted by Crippen LogP contribution is -2.55. The maximum atomic E-state index is 13.9. The number of hydrogen-bond acceptors (Lipinski definition) is 26. The zero-order valence-electron chi connectivity index (χ0n) is 48.0. The summed E-state index contributed by atoms with van der Waals surface area (Å²) >= 11 is 0. The highest BCUT2D eigenvalue weighted by atomic mass is 31.2. The summed E-state index contributed by atoms with van der Waals surface area (Å²) in [7, 11) is -9.98. The molecule has 33 heteroatoms. The number of aliphatic hydroxyl groups excluding tert-OH is 10. The van der Waals surface area contributed by atoms with Crippen LogP contribution in [0, 0.1) is 17.8 Å². The highest BCUT2D eigenvalue weighted by molar-refractivity contribution is 7.47. The molecule has 488 valence electrons. The van der Waals surface area contributed by atoms with Gasteiger partial charge in [0.25, 0.3) is 0 Å². The molecule has 6 rings (SSSR count). The predicted octanol–water partition coefficient (Wildman–Crippen LogP) is -2.80. The SMILES string of the molecule is CCCOC[C@@H]1C[C@@H](OP(=O)(O)OC[C@@H]2C[C@@H](OP(=O)(O)OC[C@@H]3C[C@@H](O)CN3C(=O)CCCO[C@@H]3OC(CO)[C@H](O)[C@H](O)C3C)CN2C(=O)CCCO[C@@H]2OC(CO)[C@H](O)[C@H](O)C2C)CN1C(=O)CCCO[C@@H]1OC(CO)[C@H](O)[C@H](O)C1C. The standard InChI is InChI=1S/C51H91N3O28P2/c1-5-12-72-25-32-17-35(20-53(32)41(60)10-7-14-74-50-29(3)44(63)47(66)38(23-56)79-50)81-84(70,71)77-27-33-18-36(21-54(33)42(61)11-8-15-75-51-30(4)45(64)48(67)39(24-57)80-51)82-83(68,69)76-26-31-16-34(58)19-52(31)40(59)9-6-13-73-49-28(2)43(62)46(65)37(22-55)78-49/h28-39,43-51,55-58,62-67H,5-27H2,1-4H3,(H,68,69)(H,70,71)/t28?,29?,30?,31-,32-,33-,34+,35+,36+,37?,38?,39?,43+,44+,45+,46-,47-,48-,49+,50+,51+/m0/s1. The molecule has 6 fully saturated rings. The van der Waals surface area contributed by atoms with Crippen molar-refractivity contribution in [3.63, 3.8) is 0 Å². The summed E-state index contributed by atoms with van der Waals surface area (Å²) in [4.78, 5) is 67.1. The summed E-state index contributed by atoms with van der Waals surface area (Å²) in [5.74, 6) is -3.32. The Morgan fingerprint density at radius 2 is 0.821 bits per heavy atom. The van der Waals surface area contributed by atoms with Gasteiger partial charge in [-0.15, -0.1) is 0 Å². The molecule has 0 aromatic heterocycles. The van der Waals surface area contributed by atoms with E-state index < -0.39 is 188 Å². The molecule has 23 atom stereocenters. The number of nitrogens with zero attached hydrogens (tertiary/aromatic N) is 3. The molecule has 84 heavy (non-hydrogen) atoms. The van der Waals surface area contributed by atoms with E-state index in [9.17, 15) is 84.4 Å². The fourth-order valence-corrected chi connectivity index (χ4v) is 13.2. The third-order valence-corrected chi connectivity index (χ3v) is 18.3. The van der Waals surface area contributed by atoms with E-state index in [1.165, 1.54) is 14.7 Å². The predicted molar refractivity (Wildman–Crippen MR) is 285 cm³/mol. The van der Waals surface area contributed by atoms with Gasteiger partial charge >= 0.3 is 15.6 Å². The van der Waals surface area contributed by atoms with Crippen molar-refractivity contribution in [1.82, 2.24) is 14.7 Å². The van der Waals surface area contributed by atoms with Gasteiger partial charge in [0.15, 0.2) is 18.9 Å². The Bertz CT molecular complexity index is 2140. The lowest BCUT2D eigenvalue weighted by atomic mass is 9.92. The molecule has 8 unspecified atom stereocenters. The Morgan fingerprint density at radius 1 is 0.488 bits per heavy atom. The van der Waals surface area contributed by atoms with Crippen LogP contribution in [0.1, 0.15) is 91.9 Å². The summed E-state index contributed by atoms with van der Waals surface area (Å²) in [6.45, 7) is 3.66. The second kappa shape index (κ2) is 33.1. The summed E-state index contributed by atoms with van der Waals surface area (Å²) in [6.07, 6.45) is -16.4. The molecule has 31 nitrogen and oxygen atoms in total. The number of phosphoric acid groups is 2. The molecule has 0 spiro atoms. The number of likely N-dealkylation sites (tertiary alicyclic amines) is 3. The maximum Gasteiger partial charge on any atom is 0.472 e. The molecule has 0 bridgehead atoms.